The summed E-state index contributed by atoms with van der Waals surface area (Å²) >= 11 is 0. The van der Waals surface area contributed by atoms with Crippen LogP contribution in [-0.2, 0) is 0 Å². The Morgan fingerprint density at radius 2 is 1.32 bits per heavy atom. The first kappa shape index (κ1) is 25.3. The van der Waals surface area contributed by atoms with Crippen LogP contribution in [0.4, 0.5) is 0 Å². The van der Waals surface area contributed by atoms with E-state index in [-0.39, 0.29) is 0 Å². The van der Waals surface area contributed by atoms with E-state index >= 15 is 0 Å². The zero-order chi connectivity index (χ0) is 21.4. The molecule has 0 aliphatic heterocycles. The first-order valence-corrected chi connectivity index (χ1v) is 10.3. The summed E-state index contributed by atoms with van der Waals surface area (Å²) in [6, 6.07) is 18.6. The minimum atomic E-state index is 1.08. The number of pyridine rings is 2. The molecule has 0 unspecified atom stereocenters. The number of aromatic nitrogens is 2. The predicted octanol–water partition coefficient (Wildman–Crippen LogP) is 8.17. The Hall–Kier alpha value is -2.74. The standard InChI is InChI=1S/2C10H9N.3C2H6/c1-8-2-3-9-4-5-11-7-10(9)6-8;1-8-6-7-11-10-5-3-2-4-9(8)10;3*1-2/h2*2-7H,1H3;3*1-2H3. The van der Waals surface area contributed by atoms with E-state index in [1.165, 1.54) is 27.3 Å². The molecule has 0 fully saturated rings. The fraction of sp³-hybridized carbons (Fsp3) is 0.308. The highest BCUT2D eigenvalue weighted by molar-refractivity contribution is 5.82. The molecule has 0 amide bonds. The average Bonchev–Trinajstić information content (AvgIpc) is 2.79. The average molecular weight is 377 g/mol. The van der Waals surface area contributed by atoms with Crippen LogP contribution in [0.2, 0.25) is 0 Å². The van der Waals surface area contributed by atoms with E-state index in [4.69, 9.17) is 0 Å². The summed E-state index contributed by atoms with van der Waals surface area (Å²) in [7, 11) is 0. The summed E-state index contributed by atoms with van der Waals surface area (Å²) < 4.78 is 0. The van der Waals surface area contributed by atoms with Gasteiger partial charge in [0.25, 0.3) is 0 Å². The molecule has 2 heterocycles. The molecule has 0 radical (unpaired) electrons. The van der Waals surface area contributed by atoms with Crippen LogP contribution in [0.25, 0.3) is 21.7 Å². The van der Waals surface area contributed by atoms with Crippen LogP contribution in [0.15, 0.2) is 73.2 Å². The molecule has 0 bridgehead atoms. The molecule has 0 N–H and O–H groups in total. The fourth-order valence-corrected chi connectivity index (χ4v) is 2.44. The van der Waals surface area contributed by atoms with Gasteiger partial charge in [-0.15, -0.1) is 0 Å². The summed E-state index contributed by atoms with van der Waals surface area (Å²) in [5, 5.41) is 3.72. The monoisotopic (exact) mass is 376 g/mol. The van der Waals surface area contributed by atoms with E-state index in [0.717, 1.165) is 5.52 Å². The van der Waals surface area contributed by atoms with Crippen LogP contribution >= 0.6 is 0 Å². The van der Waals surface area contributed by atoms with E-state index in [1.54, 1.807) is 0 Å². The van der Waals surface area contributed by atoms with Gasteiger partial charge < -0.3 is 0 Å². The zero-order valence-electron chi connectivity index (χ0n) is 18.8. The lowest BCUT2D eigenvalue weighted by atomic mass is 10.1. The van der Waals surface area contributed by atoms with E-state index in [0.29, 0.717) is 0 Å². The second kappa shape index (κ2) is 15.3. The van der Waals surface area contributed by atoms with Gasteiger partial charge in [-0.1, -0.05) is 77.4 Å². The highest BCUT2D eigenvalue weighted by Crippen LogP contribution is 2.14. The van der Waals surface area contributed by atoms with Crippen LogP contribution in [0.5, 0.6) is 0 Å². The molecule has 0 aliphatic rings. The van der Waals surface area contributed by atoms with Gasteiger partial charge in [-0.2, -0.15) is 0 Å². The molecule has 0 spiro atoms. The first-order chi connectivity index (χ1) is 13.7. The maximum absolute atomic E-state index is 4.24. The predicted molar refractivity (Wildman–Crippen MR) is 127 cm³/mol. The van der Waals surface area contributed by atoms with Gasteiger partial charge in [0.2, 0.25) is 0 Å². The van der Waals surface area contributed by atoms with Crippen molar-refractivity contribution < 1.29 is 0 Å². The van der Waals surface area contributed by atoms with Crippen molar-refractivity contribution in [3.63, 3.8) is 0 Å². The van der Waals surface area contributed by atoms with Crippen molar-refractivity contribution in [3.8, 4) is 0 Å². The van der Waals surface area contributed by atoms with Crippen molar-refractivity contribution in [1.82, 2.24) is 9.97 Å². The molecule has 28 heavy (non-hydrogen) atoms. The molecule has 2 heteroatoms. The van der Waals surface area contributed by atoms with E-state index in [2.05, 4.69) is 48.1 Å². The summed E-state index contributed by atoms with van der Waals surface area (Å²) in [5.41, 5.74) is 3.65. The lowest BCUT2D eigenvalue weighted by molar-refractivity contribution is 1.36. The van der Waals surface area contributed by atoms with Gasteiger partial charge in [0.1, 0.15) is 0 Å². The largest absolute Gasteiger partial charge is 0.264 e. The summed E-state index contributed by atoms with van der Waals surface area (Å²) in [5.74, 6) is 0. The van der Waals surface area contributed by atoms with Gasteiger partial charge in [-0.3, -0.25) is 9.97 Å². The molecule has 150 valence electrons. The molecule has 4 aromatic rings. The third-order valence-corrected chi connectivity index (χ3v) is 3.66. The third-order valence-electron chi connectivity index (χ3n) is 3.66. The molecule has 0 saturated carbocycles. The molecular formula is C26H36N2. The van der Waals surface area contributed by atoms with Gasteiger partial charge in [0.05, 0.1) is 5.52 Å². The van der Waals surface area contributed by atoms with Crippen LogP contribution in [-0.4, -0.2) is 9.97 Å². The number of nitrogens with zero attached hydrogens (tertiary/aromatic N) is 2. The van der Waals surface area contributed by atoms with Gasteiger partial charge >= 0.3 is 0 Å². The van der Waals surface area contributed by atoms with E-state index in [1.807, 2.05) is 90.5 Å². The Bertz CT molecular complexity index is 902. The van der Waals surface area contributed by atoms with Crippen LogP contribution in [0, 0.1) is 13.8 Å². The highest BCUT2D eigenvalue weighted by Gasteiger charge is 1.93. The Kier molecular flexibility index (Phi) is 13.8. The lowest BCUT2D eigenvalue weighted by Crippen LogP contribution is -1.79. The molecule has 4 rings (SSSR count). The van der Waals surface area contributed by atoms with Crippen LogP contribution in [0.1, 0.15) is 52.7 Å². The van der Waals surface area contributed by atoms with Gasteiger partial charge in [-0.25, -0.2) is 0 Å². The van der Waals surface area contributed by atoms with Crippen molar-refractivity contribution in [2.24, 2.45) is 0 Å². The molecule has 0 aliphatic carbocycles. The second-order valence-electron chi connectivity index (χ2n) is 5.37. The smallest absolute Gasteiger partial charge is 0.0704 e. The number of fused-ring (bicyclic) bond motifs is 2. The Morgan fingerprint density at radius 1 is 0.643 bits per heavy atom. The SMILES string of the molecule is CC.CC.CC.Cc1ccc2ccncc2c1.Cc1ccnc2ccccc12. The van der Waals surface area contributed by atoms with Crippen LogP contribution in [0.3, 0.4) is 0 Å². The Morgan fingerprint density at radius 3 is 2.00 bits per heavy atom. The van der Waals surface area contributed by atoms with Crippen LogP contribution < -0.4 is 0 Å². The maximum Gasteiger partial charge on any atom is 0.0704 e. The topological polar surface area (TPSA) is 25.8 Å². The number of aryl methyl sites for hydroxylation is 2. The Labute approximate surface area is 171 Å². The number of hydrogen-bond donors (Lipinski definition) is 0. The summed E-state index contributed by atoms with van der Waals surface area (Å²) in [6.45, 7) is 16.2. The Balaban J connectivity index is 0.000000412. The minimum Gasteiger partial charge on any atom is -0.264 e. The summed E-state index contributed by atoms with van der Waals surface area (Å²) in [4.78, 5) is 8.30. The van der Waals surface area contributed by atoms with E-state index < -0.39 is 0 Å². The molecule has 2 aromatic heterocycles. The minimum absolute atomic E-state index is 1.08. The van der Waals surface area contributed by atoms with Crippen molar-refractivity contribution in [3.05, 3.63) is 84.3 Å². The quantitative estimate of drug-likeness (QED) is 0.309. The van der Waals surface area contributed by atoms with Crippen molar-refractivity contribution in [1.29, 1.82) is 0 Å². The maximum atomic E-state index is 4.24. The number of benzene rings is 2. The molecule has 2 nitrogen and oxygen atoms in total. The zero-order valence-corrected chi connectivity index (χ0v) is 18.8. The van der Waals surface area contributed by atoms with Gasteiger partial charge in [0, 0.05) is 29.4 Å². The van der Waals surface area contributed by atoms with Gasteiger partial charge in [-0.05, 0) is 49.1 Å². The fourth-order valence-electron chi connectivity index (χ4n) is 2.44. The highest BCUT2D eigenvalue weighted by atomic mass is 14.6. The van der Waals surface area contributed by atoms with E-state index in [9.17, 15) is 0 Å². The third kappa shape index (κ3) is 7.87. The van der Waals surface area contributed by atoms with Gasteiger partial charge in [0.15, 0.2) is 0 Å². The molecule has 0 atom stereocenters. The molecule has 2 aromatic carbocycles. The van der Waals surface area contributed by atoms with Crippen molar-refractivity contribution in [2.75, 3.05) is 0 Å². The molecule has 0 saturated heterocycles. The van der Waals surface area contributed by atoms with Crippen molar-refractivity contribution in [2.45, 2.75) is 55.4 Å². The first-order valence-electron chi connectivity index (χ1n) is 10.3. The second-order valence-corrected chi connectivity index (χ2v) is 5.37. The number of para-hydroxylation sites is 1. The summed E-state index contributed by atoms with van der Waals surface area (Å²) in [6.07, 6.45) is 5.55. The number of hydrogen-bond acceptors (Lipinski definition) is 2. The lowest BCUT2D eigenvalue weighted by Gasteiger charge is -1.97. The normalized spacial score (nSPS) is 8.71. The molecular weight excluding hydrogens is 340 g/mol. The number of rotatable bonds is 0. The van der Waals surface area contributed by atoms with Crippen molar-refractivity contribution >= 4 is 21.7 Å².